The molecule has 0 aliphatic rings. The molecular weight excluding hydrogens is 717 g/mol. The molecule has 0 saturated heterocycles. The number of hydrogen-bond acceptors (Lipinski definition) is 1. The minimum absolute atomic E-state index is 0.150. The number of hydrogen-bond donors (Lipinski definition) is 0. The number of benzene rings is 8. The van der Waals surface area contributed by atoms with E-state index in [2.05, 4.69) is 128 Å². The third-order valence-electron chi connectivity index (χ3n) is 11.4. The van der Waals surface area contributed by atoms with Gasteiger partial charge in [-0.15, -0.1) is 0 Å². The van der Waals surface area contributed by atoms with Gasteiger partial charge < -0.3 is 9.13 Å². The summed E-state index contributed by atoms with van der Waals surface area (Å²) in [5.74, 6) is -1.36. The van der Waals surface area contributed by atoms with Gasteiger partial charge in [0.05, 0.1) is 39.0 Å². The highest BCUT2D eigenvalue weighted by atomic mass is 19.1. The molecular formula is C53H37F2N3. The quantitative estimate of drug-likeness (QED) is 0.172. The highest BCUT2D eigenvalue weighted by Gasteiger charge is 2.24. The van der Waals surface area contributed by atoms with Crippen molar-refractivity contribution in [1.29, 1.82) is 5.26 Å². The molecule has 0 N–H and O–H groups in total. The molecule has 58 heavy (non-hydrogen) atoms. The molecule has 0 saturated carbocycles. The van der Waals surface area contributed by atoms with Gasteiger partial charge in [-0.2, -0.15) is 5.26 Å². The van der Waals surface area contributed by atoms with Crippen LogP contribution in [-0.2, 0) is 0 Å². The Morgan fingerprint density at radius 3 is 1.24 bits per heavy atom. The van der Waals surface area contributed by atoms with Gasteiger partial charge >= 0.3 is 0 Å². The first kappa shape index (κ1) is 35.1. The number of fused-ring (bicyclic) bond motifs is 6. The van der Waals surface area contributed by atoms with Crippen molar-refractivity contribution in [3.63, 3.8) is 0 Å². The zero-order valence-electron chi connectivity index (χ0n) is 32.5. The second kappa shape index (κ2) is 13.4. The summed E-state index contributed by atoms with van der Waals surface area (Å²) in [5.41, 5.74) is 14.0. The Labute approximate surface area is 335 Å². The summed E-state index contributed by atoms with van der Waals surface area (Å²) in [6.07, 6.45) is 0. The van der Waals surface area contributed by atoms with E-state index in [0.29, 0.717) is 22.5 Å². The van der Waals surface area contributed by atoms with Gasteiger partial charge in [0.1, 0.15) is 23.3 Å². The number of nitrogens with zero attached hydrogens (tertiary/aromatic N) is 3. The van der Waals surface area contributed by atoms with Crippen LogP contribution in [0.3, 0.4) is 0 Å². The second-order valence-corrected chi connectivity index (χ2v) is 15.5. The molecule has 0 amide bonds. The Morgan fingerprint density at radius 1 is 0.397 bits per heavy atom. The van der Waals surface area contributed by atoms with Crippen molar-refractivity contribution >= 4 is 43.6 Å². The molecule has 0 atom stereocenters. The van der Waals surface area contributed by atoms with E-state index in [1.807, 2.05) is 36.4 Å². The maximum Gasteiger partial charge on any atom is 0.133 e. The van der Waals surface area contributed by atoms with Crippen LogP contribution in [0, 0.1) is 50.7 Å². The predicted octanol–water partition coefficient (Wildman–Crippen LogP) is 14.3. The summed E-state index contributed by atoms with van der Waals surface area (Å²) in [6.45, 7) is 8.39. The zero-order valence-corrected chi connectivity index (χ0v) is 32.5. The Hall–Kier alpha value is -7.29. The van der Waals surface area contributed by atoms with Crippen molar-refractivity contribution in [2.24, 2.45) is 0 Å². The van der Waals surface area contributed by atoms with Gasteiger partial charge in [0.2, 0.25) is 0 Å². The van der Waals surface area contributed by atoms with E-state index < -0.39 is 11.6 Å². The van der Waals surface area contributed by atoms with Gasteiger partial charge in [-0.1, -0.05) is 125 Å². The number of para-hydroxylation sites is 2. The second-order valence-electron chi connectivity index (χ2n) is 15.5. The number of aryl methyl sites for hydroxylation is 4. The zero-order chi connectivity index (χ0) is 39.8. The fourth-order valence-electron chi connectivity index (χ4n) is 9.10. The molecule has 3 nitrogen and oxygen atoms in total. The third-order valence-corrected chi connectivity index (χ3v) is 11.4. The van der Waals surface area contributed by atoms with Crippen molar-refractivity contribution < 1.29 is 8.78 Å². The van der Waals surface area contributed by atoms with Crippen LogP contribution in [0.15, 0.2) is 152 Å². The van der Waals surface area contributed by atoms with Gasteiger partial charge in [-0.05, 0) is 104 Å². The number of halogens is 2. The molecule has 10 rings (SSSR count). The molecule has 0 fully saturated rings. The Balaban J connectivity index is 1.35. The first-order chi connectivity index (χ1) is 28.2. The molecule has 2 aromatic heterocycles. The van der Waals surface area contributed by atoms with Crippen LogP contribution in [0.1, 0.15) is 27.8 Å². The third kappa shape index (κ3) is 5.60. The normalized spacial score (nSPS) is 11.6. The van der Waals surface area contributed by atoms with Crippen LogP contribution < -0.4 is 0 Å². The van der Waals surface area contributed by atoms with Crippen LogP contribution in [0.4, 0.5) is 8.78 Å². The summed E-state index contributed by atoms with van der Waals surface area (Å²) in [5, 5.41) is 15.4. The first-order valence-corrected chi connectivity index (χ1v) is 19.4. The predicted molar refractivity (Wildman–Crippen MR) is 235 cm³/mol. The lowest BCUT2D eigenvalue weighted by Gasteiger charge is -2.19. The van der Waals surface area contributed by atoms with Crippen LogP contribution in [-0.4, -0.2) is 9.13 Å². The smallest absolute Gasteiger partial charge is 0.133 e. The largest absolute Gasteiger partial charge is 0.308 e. The Bertz CT molecular complexity index is 3120. The summed E-state index contributed by atoms with van der Waals surface area (Å²) in [4.78, 5) is 0. The van der Waals surface area contributed by atoms with Gasteiger partial charge in [0.25, 0.3) is 0 Å². The monoisotopic (exact) mass is 753 g/mol. The Morgan fingerprint density at radius 2 is 0.810 bits per heavy atom. The fraction of sp³-hybridized carbons (Fsp3) is 0.0755. The Kier molecular flexibility index (Phi) is 8.14. The van der Waals surface area contributed by atoms with Crippen molar-refractivity contribution in [3.05, 3.63) is 191 Å². The lowest BCUT2D eigenvalue weighted by molar-refractivity contribution is 0.589. The highest BCUT2D eigenvalue weighted by Crippen LogP contribution is 2.42. The van der Waals surface area contributed by atoms with E-state index in [-0.39, 0.29) is 5.56 Å². The van der Waals surface area contributed by atoms with Crippen molar-refractivity contribution in [2.45, 2.75) is 27.7 Å². The fourth-order valence-corrected chi connectivity index (χ4v) is 9.10. The topological polar surface area (TPSA) is 33.6 Å². The van der Waals surface area contributed by atoms with Crippen molar-refractivity contribution in [1.82, 2.24) is 9.13 Å². The van der Waals surface area contributed by atoms with Gasteiger partial charge in [-0.3, -0.25) is 0 Å². The lowest BCUT2D eigenvalue weighted by Crippen LogP contribution is -2.06. The molecule has 8 aromatic carbocycles. The number of rotatable bonds is 5. The maximum atomic E-state index is 16.0. The highest BCUT2D eigenvalue weighted by molar-refractivity contribution is 6.12. The molecule has 278 valence electrons. The van der Waals surface area contributed by atoms with Crippen LogP contribution >= 0.6 is 0 Å². The standard InChI is InChI=1S/C53H37F2N3/c1-31-20-32(2)23-37(22-31)35-16-18-42-40-10-5-7-14-47(40)57(49(42)26-35)51-28-39(53-45(54)12-9-13-46(53)55)29-52(44(51)30-56)58-48-15-8-6-11-41(48)43-19-17-36(27-50(43)58)38-24-33(3)21-34(4)25-38/h5-29H,1-4H3. The molecule has 0 unspecified atom stereocenters. The van der Waals surface area contributed by atoms with Gasteiger partial charge in [0.15, 0.2) is 0 Å². The van der Waals surface area contributed by atoms with Gasteiger partial charge in [0, 0.05) is 21.5 Å². The summed E-state index contributed by atoms with van der Waals surface area (Å²) in [6, 6.07) is 52.2. The van der Waals surface area contributed by atoms with Gasteiger partial charge in [-0.25, -0.2) is 8.78 Å². The van der Waals surface area contributed by atoms with E-state index in [1.54, 1.807) is 12.1 Å². The van der Waals surface area contributed by atoms with E-state index >= 15 is 8.78 Å². The molecule has 0 aliphatic carbocycles. The lowest BCUT2D eigenvalue weighted by atomic mass is 9.98. The number of aromatic nitrogens is 2. The van der Waals surface area contributed by atoms with E-state index in [4.69, 9.17) is 0 Å². The molecule has 0 bridgehead atoms. The first-order valence-electron chi connectivity index (χ1n) is 19.4. The summed E-state index contributed by atoms with van der Waals surface area (Å²) < 4.78 is 36.1. The minimum atomic E-state index is -0.680. The van der Waals surface area contributed by atoms with Crippen LogP contribution in [0.2, 0.25) is 0 Å². The maximum absolute atomic E-state index is 16.0. The van der Waals surface area contributed by atoms with E-state index in [9.17, 15) is 5.26 Å². The van der Waals surface area contributed by atoms with E-state index in [1.165, 1.54) is 40.5 Å². The molecule has 0 radical (unpaired) electrons. The average Bonchev–Trinajstić information content (AvgIpc) is 3.71. The molecule has 5 heteroatoms. The molecule has 0 spiro atoms. The van der Waals surface area contributed by atoms with Crippen molar-refractivity contribution in [2.75, 3.05) is 0 Å². The number of nitriles is 1. The van der Waals surface area contributed by atoms with Crippen LogP contribution in [0.25, 0.3) is 88.4 Å². The molecule has 10 aromatic rings. The minimum Gasteiger partial charge on any atom is -0.308 e. The van der Waals surface area contributed by atoms with Crippen molar-refractivity contribution in [3.8, 4) is 50.8 Å². The molecule has 0 aliphatic heterocycles. The van der Waals surface area contributed by atoms with E-state index in [0.717, 1.165) is 65.9 Å². The summed E-state index contributed by atoms with van der Waals surface area (Å²) in [7, 11) is 0. The average molecular weight is 754 g/mol. The SMILES string of the molecule is Cc1cc(C)cc(-c2ccc3c4ccccc4n(-c4cc(-c5c(F)cccc5F)cc(-n5c6ccccc6c6ccc(-c7cc(C)cc(C)c7)cc65)c4C#N)c3c2)c1. The molecule has 2 heterocycles. The summed E-state index contributed by atoms with van der Waals surface area (Å²) >= 11 is 0. The van der Waals surface area contributed by atoms with Crippen LogP contribution in [0.5, 0.6) is 0 Å².